The zero-order valence-electron chi connectivity index (χ0n) is 10.5. The van der Waals surface area contributed by atoms with E-state index < -0.39 is 0 Å². The summed E-state index contributed by atoms with van der Waals surface area (Å²) in [6.45, 7) is 5.32. The SMILES string of the molecule is CCn1ccnc(NCC(C)c2nccs2)c1=O. The van der Waals surface area contributed by atoms with Crippen molar-refractivity contribution >= 4 is 17.2 Å². The summed E-state index contributed by atoms with van der Waals surface area (Å²) >= 11 is 1.62. The molecule has 0 aliphatic rings. The van der Waals surface area contributed by atoms with Crippen molar-refractivity contribution in [1.82, 2.24) is 14.5 Å². The Hall–Kier alpha value is -1.69. The molecule has 0 saturated carbocycles. The molecule has 0 bridgehead atoms. The highest BCUT2D eigenvalue weighted by Crippen LogP contribution is 2.17. The second kappa shape index (κ2) is 5.77. The smallest absolute Gasteiger partial charge is 0.293 e. The van der Waals surface area contributed by atoms with Gasteiger partial charge in [-0.05, 0) is 6.92 Å². The molecule has 0 aliphatic carbocycles. The molecule has 2 aromatic rings. The van der Waals surface area contributed by atoms with Crippen LogP contribution in [0.15, 0.2) is 28.8 Å². The molecule has 0 aliphatic heterocycles. The van der Waals surface area contributed by atoms with E-state index >= 15 is 0 Å². The Morgan fingerprint density at radius 2 is 2.28 bits per heavy atom. The Kier molecular flexibility index (Phi) is 4.09. The molecule has 0 aromatic carbocycles. The number of thiazole rings is 1. The van der Waals surface area contributed by atoms with Crippen molar-refractivity contribution < 1.29 is 0 Å². The Labute approximate surface area is 110 Å². The van der Waals surface area contributed by atoms with Gasteiger partial charge in [0.05, 0.1) is 5.01 Å². The van der Waals surface area contributed by atoms with Crippen LogP contribution in [0, 0.1) is 0 Å². The summed E-state index contributed by atoms with van der Waals surface area (Å²) in [6.07, 6.45) is 5.13. The predicted molar refractivity (Wildman–Crippen MR) is 73.2 cm³/mol. The van der Waals surface area contributed by atoms with Crippen molar-refractivity contribution in [2.75, 3.05) is 11.9 Å². The van der Waals surface area contributed by atoms with E-state index in [1.165, 1.54) is 0 Å². The van der Waals surface area contributed by atoms with Gasteiger partial charge in [-0.2, -0.15) is 0 Å². The van der Waals surface area contributed by atoms with E-state index in [-0.39, 0.29) is 11.5 Å². The normalized spacial score (nSPS) is 12.3. The fraction of sp³-hybridized carbons (Fsp3) is 0.417. The highest BCUT2D eigenvalue weighted by Gasteiger charge is 2.10. The van der Waals surface area contributed by atoms with E-state index in [0.717, 1.165) is 5.01 Å². The lowest BCUT2D eigenvalue weighted by atomic mass is 10.2. The van der Waals surface area contributed by atoms with Gasteiger partial charge >= 0.3 is 0 Å². The minimum absolute atomic E-state index is 0.0775. The van der Waals surface area contributed by atoms with Crippen LogP contribution >= 0.6 is 11.3 Å². The van der Waals surface area contributed by atoms with Crippen LogP contribution in [0.4, 0.5) is 5.82 Å². The summed E-state index contributed by atoms with van der Waals surface area (Å²) in [5, 5.41) is 6.12. The maximum absolute atomic E-state index is 11.9. The summed E-state index contributed by atoms with van der Waals surface area (Å²) in [6, 6.07) is 0. The first-order valence-corrected chi connectivity index (χ1v) is 6.79. The zero-order chi connectivity index (χ0) is 13.0. The molecule has 2 rings (SSSR count). The Morgan fingerprint density at radius 3 is 2.94 bits per heavy atom. The lowest BCUT2D eigenvalue weighted by molar-refractivity contribution is 0.714. The van der Waals surface area contributed by atoms with Gasteiger partial charge in [0.2, 0.25) is 0 Å². The van der Waals surface area contributed by atoms with Crippen LogP contribution in [-0.2, 0) is 6.54 Å². The summed E-state index contributed by atoms with van der Waals surface area (Å²) < 4.78 is 1.63. The van der Waals surface area contributed by atoms with E-state index in [4.69, 9.17) is 0 Å². The molecule has 0 spiro atoms. The maximum atomic E-state index is 11.9. The molecule has 18 heavy (non-hydrogen) atoms. The molecule has 0 radical (unpaired) electrons. The predicted octanol–water partition coefficient (Wildman–Crippen LogP) is 1.94. The Morgan fingerprint density at radius 1 is 1.44 bits per heavy atom. The standard InChI is InChI=1S/C12H16N4OS/c1-3-16-6-4-13-10(12(16)17)15-8-9(2)11-14-5-7-18-11/h4-7,9H,3,8H2,1-2H3,(H,13,15). The number of hydrogen-bond acceptors (Lipinski definition) is 5. The van der Waals surface area contributed by atoms with E-state index in [1.54, 1.807) is 34.5 Å². The van der Waals surface area contributed by atoms with Gasteiger partial charge in [-0.1, -0.05) is 6.92 Å². The Balaban J connectivity index is 2.05. The van der Waals surface area contributed by atoms with E-state index in [1.807, 2.05) is 12.3 Å². The molecule has 0 amide bonds. The van der Waals surface area contributed by atoms with Crippen molar-refractivity contribution in [2.24, 2.45) is 0 Å². The molecule has 2 aromatic heterocycles. The maximum Gasteiger partial charge on any atom is 0.293 e. The van der Waals surface area contributed by atoms with Crippen LogP contribution in [0.5, 0.6) is 0 Å². The van der Waals surface area contributed by atoms with Crippen molar-refractivity contribution in [3.05, 3.63) is 39.3 Å². The fourth-order valence-electron chi connectivity index (χ4n) is 1.63. The summed E-state index contributed by atoms with van der Waals surface area (Å²) in [4.78, 5) is 20.3. The molecule has 1 unspecified atom stereocenters. The molecule has 5 nitrogen and oxygen atoms in total. The van der Waals surface area contributed by atoms with Gasteiger partial charge in [-0.15, -0.1) is 11.3 Å². The third-order valence-corrected chi connectivity index (χ3v) is 3.71. The highest BCUT2D eigenvalue weighted by atomic mass is 32.1. The summed E-state index contributed by atoms with van der Waals surface area (Å²) in [5.41, 5.74) is -0.0775. The van der Waals surface area contributed by atoms with Crippen LogP contribution in [0.1, 0.15) is 24.8 Å². The van der Waals surface area contributed by atoms with E-state index in [9.17, 15) is 4.79 Å². The van der Waals surface area contributed by atoms with Gasteiger partial charge in [0.25, 0.3) is 5.56 Å². The van der Waals surface area contributed by atoms with Crippen LogP contribution < -0.4 is 10.9 Å². The van der Waals surface area contributed by atoms with Crippen molar-refractivity contribution in [1.29, 1.82) is 0 Å². The third-order valence-electron chi connectivity index (χ3n) is 2.70. The molecule has 1 atom stereocenters. The largest absolute Gasteiger partial charge is 0.365 e. The number of nitrogens with one attached hydrogen (secondary N) is 1. The number of hydrogen-bond donors (Lipinski definition) is 1. The third kappa shape index (κ3) is 2.76. The average molecular weight is 264 g/mol. The van der Waals surface area contributed by atoms with Crippen LogP contribution in [-0.4, -0.2) is 21.1 Å². The zero-order valence-corrected chi connectivity index (χ0v) is 11.3. The minimum atomic E-state index is -0.0775. The first-order chi connectivity index (χ1) is 8.72. The number of aryl methyl sites for hydroxylation is 1. The molecule has 1 N–H and O–H groups in total. The monoisotopic (exact) mass is 264 g/mol. The molecule has 2 heterocycles. The second-order valence-electron chi connectivity index (χ2n) is 4.02. The fourth-order valence-corrected chi connectivity index (χ4v) is 2.33. The number of nitrogens with zero attached hydrogens (tertiary/aromatic N) is 3. The van der Waals surface area contributed by atoms with Gasteiger partial charge < -0.3 is 9.88 Å². The van der Waals surface area contributed by atoms with Gasteiger partial charge in [-0.25, -0.2) is 9.97 Å². The molecule has 0 fully saturated rings. The lowest BCUT2D eigenvalue weighted by Gasteiger charge is -2.11. The van der Waals surface area contributed by atoms with Gasteiger partial charge in [0.15, 0.2) is 5.82 Å². The van der Waals surface area contributed by atoms with Crippen LogP contribution in [0.2, 0.25) is 0 Å². The quantitative estimate of drug-likeness (QED) is 0.896. The topological polar surface area (TPSA) is 59.8 Å². The number of rotatable bonds is 5. The Bertz CT molecular complexity index is 549. The lowest BCUT2D eigenvalue weighted by Crippen LogP contribution is -2.25. The van der Waals surface area contributed by atoms with Crippen LogP contribution in [0.3, 0.4) is 0 Å². The molecular formula is C12H16N4OS. The first kappa shape index (κ1) is 12.8. The van der Waals surface area contributed by atoms with Gasteiger partial charge in [-0.3, -0.25) is 4.79 Å². The number of anilines is 1. The summed E-state index contributed by atoms with van der Waals surface area (Å²) in [5.74, 6) is 0.671. The number of aromatic nitrogens is 3. The second-order valence-corrected chi connectivity index (χ2v) is 4.95. The molecular weight excluding hydrogens is 248 g/mol. The van der Waals surface area contributed by atoms with E-state index in [0.29, 0.717) is 18.9 Å². The molecule has 96 valence electrons. The van der Waals surface area contributed by atoms with Crippen molar-refractivity contribution in [3.63, 3.8) is 0 Å². The van der Waals surface area contributed by atoms with Gasteiger partial charge in [0, 0.05) is 43.0 Å². The summed E-state index contributed by atoms with van der Waals surface area (Å²) in [7, 11) is 0. The van der Waals surface area contributed by atoms with Crippen molar-refractivity contribution in [2.45, 2.75) is 26.3 Å². The first-order valence-electron chi connectivity index (χ1n) is 5.91. The molecule has 0 saturated heterocycles. The van der Waals surface area contributed by atoms with Gasteiger partial charge in [0.1, 0.15) is 0 Å². The average Bonchev–Trinajstić information content (AvgIpc) is 2.91. The van der Waals surface area contributed by atoms with E-state index in [2.05, 4.69) is 22.2 Å². The minimum Gasteiger partial charge on any atom is -0.365 e. The highest BCUT2D eigenvalue weighted by molar-refractivity contribution is 7.09. The van der Waals surface area contributed by atoms with Crippen molar-refractivity contribution in [3.8, 4) is 0 Å². The van der Waals surface area contributed by atoms with Crippen LogP contribution in [0.25, 0.3) is 0 Å². The molecule has 6 heteroatoms.